The minimum atomic E-state index is -0.151. The number of nitrogens with one attached hydrogen (secondary N) is 2. The van der Waals surface area contributed by atoms with Crippen LogP contribution < -0.4 is 10.9 Å². The smallest absolute Gasteiger partial charge is 0.262 e. The molecule has 4 rings (SSSR count). The van der Waals surface area contributed by atoms with Gasteiger partial charge in [0.2, 0.25) is 5.95 Å². The summed E-state index contributed by atoms with van der Waals surface area (Å²) in [5.41, 5.74) is 2.18. The molecule has 1 saturated carbocycles. The summed E-state index contributed by atoms with van der Waals surface area (Å²) in [6.07, 6.45) is 6.41. The topological polar surface area (TPSA) is 70.7 Å². The van der Waals surface area contributed by atoms with Crippen molar-refractivity contribution in [2.75, 3.05) is 5.32 Å². The standard InChI is InChI=1S/C18H18N4O/c23-17-15-14(12-6-2-1-3-7-12)10-11-19-16(15)21-18(22-17)20-13-8-4-5-9-13/h1-3,6-7,10-11,13H,4-5,8-9H2,(H2,19,20,21,22,23). The zero-order valence-corrected chi connectivity index (χ0v) is 12.7. The van der Waals surface area contributed by atoms with E-state index in [4.69, 9.17) is 0 Å². The second-order valence-electron chi connectivity index (χ2n) is 5.96. The average Bonchev–Trinajstić information content (AvgIpc) is 3.08. The molecule has 1 fully saturated rings. The first kappa shape index (κ1) is 13.9. The van der Waals surface area contributed by atoms with Crippen molar-refractivity contribution in [2.24, 2.45) is 0 Å². The van der Waals surface area contributed by atoms with Gasteiger partial charge in [-0.1, -0.05) is 43.2 Å². The molecule has 0 aliphatic heterocycles. The van der Waals surface area contributed by atoms with Crippen LogP contribution in [0.1, 0.15) is 25.7 Å². The Hall–Kier alpha value is -2.69. The van der Waals surface area contributed by atoms with Gasteiger partial charge in [-0.25, -0.2) is 4.98 Å². The maximum absolute atomic E-state index is 12.6. The van der Waals surface area contributed by atoms with Crippen molar-refractivity contribution < 1.29 is 0 Å². The van der Waals surface area contributed by atoms with Gasteiger partial charge in [-0.3, -0.25) is 9.78 Å². The van der Waals surface area contributed by atoms with Gasteiger partial charge in [-0.2, -0.15) is 4.98 Å². The molecule has 1 aliphatic rings. The third kappa shape index (κ3) is 2.70. The van der Waals surface area contributed by atoms with Crippen LogP contribution in [0, 0.1) is 0 Å². The van der Waals surface area contributed by atoms with Crippen molar-refractivity contribution >= 4 is 17.0 Å². The molecule has 116 valence electrons. The Balaban J connectivity index is 1.81. The van der Waals surface area contributed by atoms with E-state index in [1.165, 1.54) is 12.8 Å². The van der Waals surface area contributed by atoms with E-state index in [2.05, 4.69) is 20.3 Å². The Morgan fingerprint density at radius 3 is 2.65 bits per heavy atom. The lowest BCUT2D eigenvalue weighted by Gasteiger charge is -2.13. The maximum Gasteiger partial charge on any atom is 0.262 e. The Morgan fingerprint density at radius 1 is 1.09 bits per heavy atom. The summed E-state index contributed by atoms with van der Waals surface area (Å²) in [6.45, 7) is 0. The number of aromatic amines is 1. The number of H-pyrrole nitrogens is 1. The molecule has 2 aromatic heterocycles. The monoisotopic (exact) mass is 306 g/mol. The Kier molecular flexibility index (Phi) is 3.54. The number of pyridine rings is 1. The number of fused-ring (bicyclic) bond motifs is 1. The highest BCUT2D eigenvalue weighted by molar-refractivity contribution is 5.92. The largest absolute Gasteiger partial charge is 0.353 e. The average molecular weight is 306 g/mol. The number of anilines is 1. The van der Waals surface area contributed by atoms with Gasteiger partial charge < -0.3 is 5.32 Å². The van der Waals surface area contributed by atoms with Crippen LogP contribution in [0.2, 0.25) is 0 Å². The van der Waals surface area contributed by atoms with Gasteiger partial charge in [0.25, 0.3) is 5.56 Å². The highest BCUT2D eigenvalue weighted by Gasteiger charge is 2.17. The molecule has 1 aliphatic carbocycles. The van der Waals surface area contributed by atoms with E-state index in [9.17, 15) is 4.79 Å². The molecule has 0 unspecified atom stereocenters. The van der Waals surface area contributed by atoms with Crippen LogP contribution in [0.25, 0.3) is 22.2 Å². The fraction of sp³-hybridized carbons (Fsp3) is 0.278. The summed E-state index contributed by atoms with van der Waals surface area (Å²) in [7, 11) is 0. The van der Waals surface area contributed by atoms with Crippen molar-refractivity contribution in [1.82, 2.24) is 15.0 Å². The second-order valence-corrected chi connectivity index (χ2v) is 5.96. The number of nitrogens with zero attached hydrogens (tertiary/aromatic N) is 2. The summed E-state index contributed by atoms with van der Waals surface area (Å²) >= 11 is 0. The van der Waals surface area contributed by atoms with Crippen LogP contribution in [-0.4, -0.2) is 21.0 Å². The first-order chi connectivity index (χ1) is 11.3. The van der Waals surface area contributed by atoms with Gasteiger partial charge in [-0.05, 0) is 30.0 Å². The number of rotatable bonds is 3. The third-order valence-electron chi connectivity index (χ3n) is 4.39. The lowest BCUT2D eigenvalue weighted by molar-refractivity contribution is 0.744. The van der Waals surface area contributed by atoms with Crippen molar-refractivity contribution in [3.8, 4) is 11.1 Å². The molecule has 1 aromatic carbocycles. The Bertz CT molecular complexity index is 882. The number of hydrogen-bond acceptors (Lipinski definition) is 4. The molecule has 23 heavy (non-hydrogen) atoms. The summed E-state index contributed by atoms with van der Waals surface area (Å²) in [5.74, 6) is 0.520. The molecular weight excluding hydrogens is 288 g/mol. The number of aromatic nitrogens is 3. The molecule has 0 amide bonds. The fourth-order valence-electron chi connectivity index (χ4n) is 3.25. The Labute approximate surface area is 133 Å². The van der Waals surface area contributed by atoms with Gasteiger partial charge in [-0.15, -0.1) is 0 Å². The number of hydrogen-bond donors (Lipinski definition) is 2. The lowest BCUT2D eigenvalue weighted by Crippen LogP contribution is -2.20. The molecule has 0 bridgehead atoms. The highest BCUT2D eigenvalue weighted by atomic mass is 16.1. The van der Waals surface area contributed by atoms with E-state index in [-0.39, 0.29) is 5.56 Å². The normalized spacial score (nSPS) is 15.1. The van der Waals surface area contributed by atoms with E-state index >= 15 is 0 Å². The zero-order chi connectivity index (χ0) is 15.6. The molecule has 3 aromatic rings. The van der Waals surface area contributed by atoms with E-state index in [0.29, 0.717) is 23.0 Å². The molecule has 2 heterocycles. The highest BCUT2D eigenvalue weighted by Crippen LogP contribution is 2.25. The van der Waals surface area contributed by atoms with Crippen molar-refractivity contribution in [2.45, 2.75) is 31.7 Å². The first-order valence-electron chi connectivity index (χ1n) is 8.02. The summed E-state index contributed by atoms with van der Waals surface area (Å²) in [4.78, 5) is 24.3. The third-order valence-corrected chi connectivity index (χ3v) is 4.39. The summed E-state index contributed by atoms with van der Waals surface area (Å²) in [6, 6.07) is 12.1. The molecule has 0 radical (unpaired) electrons. The SMILES string of the molecule is O=c1[nH]c(NC2CCCC2)nc2nccc(-c3ccccc3)c12. The van der Waals surface area contributed by atoms with Crippen LogP contribution in [0.3, 0.4) is 0 Å². The summed E-state index contributed by atoms with van der Waals surface area (Å²) < 4.78 is 0. The van der Waals surface area contributed by atoms with Crippen LogP contribution in [0.5, 0.6) is 0 Å². The zero-order valence-electron chi connectivity index (χ0n) is 12.7. The predicted molar refractivity (Wildman–Crippen MR) is 91.5 cm³/mol. The van der Waals surface area contributed by atoms with Gasteiger partial charge in [0.05, 0.1) is 5.39 Å². The maximum atomic E-state index is 12.6. The van der Waals surface area contributed by atoms with Gasteiger partial charge in [0.1, 0.15) is 0 Å². The van der Waals surface area contributed by atoms with E-state index < -0.39 is 0 Å². The van der Waals surface area contributed by atoms with Crippen LogP contribution >= 0.6 is 0 Å². The second kappa shape index (κ2) is 5.83. The Morgan fingerprint density at radius 2 is 1.87 bits per heavy atom. The molecular formula is C18H18N4O. The first-order valence-corrected chi connectivity index (χ1v) is 8.02. The van der Waals surface area contributed by atoms with Gasteiger partial charge >= 0.3 is 0 Å². The van der Waals surface area contributed by atoms with E-state index in [1.807, 2.05) is 36.4 Å². The molecule has 0 saturated heterocycles. The molecule has 5 heteroatoms. The minimum Gasteiger partial charge on any atom is -0.353 e. The van der Waals surface area contributed by atoms with E-state index in [0.717, 1.165) is 24.0 Å². The van der Waals surface area contributed by atoms with E-state index in [1.54, 1.807) is 6.20 Å². The number of benzene rings is 1. The molecule has 2 N–H and O–H groups in total. The lowest BCUT2D eigenvalue weighted by atomic mass is 10.0. The van der Waals surface area contributed by atoms with Crippen molar-refractivity contribution in [1.29, 1.82) is 0 Å². The van der Waals surface area contributed by atoms with Crippen LogP contribution in [-0.2, 0) is 0 Å². The fourth-order valence-corrected chi connectivity index (χ4v) is 3.25. The van der Waals surface area contributed by atoms with Crippen LogP contribution in [0.4, 0.5) is 5.95 Å². The van der Waals surface area contributed by atoms with Crippen LogP contribution in [0.15, 0.2) is 47.4 Å². The predicted octanol–water partition coefficient (Wildman–Crippen LogP) is 3.34. The van der Waals surface area contributed by atoms with Gasteiger partial charge in [0.15, 0.2) is 5.65 Å². The minimum absolute atomic E-state index is 0.151. The molecule has 0 spiro atoms. The van der Waals surface area contributed by atoms with Gasteiger partial charge in [0, 0.05) is 12.2 Å². The van der Waals surface area contributed by atoms with Crippen molar-refractivity contribution in [3.05, 3.63) is 52.9 Å². The molecule has 0 atom stereocenters. The quantitative estimate of drug-likeness (QED) is 0.778. The molecule has 5 nitrogen and oxygen atoms in total. The van der Waals surface area contributed by atoms with Crippen molar-refractivity contribution in [3.63, 3.8) is 0 Å². The summed E-state index contributed by atoms with van der Waals surface area (Å²) in [5, 5.41) is 3.86.